The number of methoxy groups -OCH3 is 1. The predicted octanol–water partition coefficient (Wildman–Crippen LogP) is 4.56. The van der Waals surface area contributed by atoms with Crippen molar-refractivity contribution in [3.63, 3.8) is 0 Å². The van der Waals surface area contributed by atoms with Crippen molar-refractivity contribution in [3.05, 3.63) is 47.5 Å². The highest BCUT2D eigenvalue weighted by Gasteiger charge is 2.26. The number of rotatable bonds is 1. The molecule has 3 heteroatoms. The lowest BCUT2D eigenvalue weighted by Crippen LogP contribution is -1.90. The Balaban J connectivity index is 2.27. The number of hydrogen-bond acceptors (Lipinski definition) is 3. The molecule has 0 atom stereocenters. The molecule has 0 fully saturated rings. The topological polar surface area (TPSA) is 26.3 Å². The van der Waals surface area contributed by atoms with E-state index in [1.54, 1.807) is 7.11 Å². The minimum atomic E-state index is 0.127. The molecule has 4 rings (SSSR count). The summed E-state index contributed by atoms with van der Waals surface area (Å²) in [5.74, 6) is 0.822. The van der Waals surface area contributed by atoms with Crippen LogP contribution in [0.3, 0.4) is 0 Å². The van der Waals surface area contributed by atoms with Gasteiger partial charge in [0.25, 0.3) is 0 Å². The van der Waals surface area contributed by atoms with Gasteiger partial charge in [-0.25, -0.2) is 0 Å². The first kappa shape index (κ1) is 11.8. The number of carbonyl (C=O) groups excluding carboxylic acids is 1. The van der Waals surface area contributed by atoms with Gasteiger partial charge in [-0.05, 0) is 47.7 Å². The third-order valence-corrected chi connectivity index (χ3v) is 4.85. The van der Waals surface area contributed by atoms with Gasteiger partial charge in [0, 0.05) is 21.2 Å². The van der Waals surface area contributed by atoms with E-state index in [4.69, 9.17) is 4.74 Å². The molecule has 1 heterocycles. The quantitative estimate of drug-likeness (QED) is 0.611. The Morgan fingerprint density at radius 1 is 1.05 bits per heavy atom. The summed E-state index contributed by atoms with van der Waals surface area (Å²) in [6.45, 7) is 2.07. The van der Waals surface area contributed by atoms with Crippen LogP contribution < -0.4 is 4.74 Å². The lowest BCUT2D eigenvalue weighted by atomic mass is 9.98. The van der Waals surface area contributed by atoms with Gasteiger partial charge in [-0.3, -0.25) is 4.79 Å². The molecule has 0 aromatic heterocycles. The fourth-order valence-corrected chi connectivity index (χ4v) is 3.95. The van der Waals surface area contributed by atoms with E-state index in [9.17, 15) is 4.79 Å². The third-order valence-electron chi connectivity index (χ3n) is 3.82. The smallest absolute Gasteiger partial charge is 0.224 e. The van der Waals surface area contributed by atoms with Crippen LogP contribution in [0.25, 0.3) is 21.5 Å². The summed E-state index contributed by atoms with van der Waals surface area (Å²) >= 11 is 1.33. The summed E-state index contributed by atoms with van der Waals surface area (Å²) in [5, 5.41) is 4.49. The van der Waals surface area contributed by atoms with E-state index in [0.29, 0.717) is 0 Å². The van der Waals surface area contributed by atoms with Crippen LogP contribution in [0.5, 0.6) is 5.75 Å². The second kappa shape index (κ2) is 4.00. The number of thioether (sulfide) groups is 1. The molecule has 0 unspecified atom stereocenters. The highest BCUT2D eigenvalue weighted by Crippen LogP contribution is 2.47. The molecule has 0 saturated heterocycles. The largest absolute Gasteiger partial charge is 0.496 e. The van der Waals surface area contributed by atoms with Gasteiger partial charge in [-0.1, -0.05) is 23.8 Å². The van der Waals surface area contributed by atoms with Crippen LogP contribution in [-0.2, 0) is 0 Å². The fourth-order valence-electron chi connectivity index (χ4n) is 2.87. The first-order valence-electron chi connectivity index (χ1n) is 6.45. The van der Waals surface area contributed by atoms with Gasteiger partial charge in [0.1, 0.15) is 5.75 Å². The molecule has 0 amide bonds. The summed E-state index contributed by atoms with van der Waals surface area (Å²) in [6.07, 6.45) is 0. The van der Waals surface area contributed by atoms with E-state index >= 15 is 0 Å². The van der Waals surface area contributed by atoms with Crippen molar-refractivity contribution < 1.29 is 9.53 Å². The normalized spacial score (nSPS) is 13.4. The fraction of sp³-hybridized carbons (Fsp3) is 0.118. The van der Waals surface area contributed by atoms with Crippen molar-refractivity contribution in [2.45, 2.75) is 11.8 Å². The monoisotopic (exact) mass is 280 g/mol. The van der Waals surface area contributed by atoms with Gasteiger partial charge in [0.2, 0.25) is 5.12 Å². The van der Waals surface area contributed by atoms with Gasteiger partial charge in [0.15, 0.2) is 0 Å². The van der Waals surface area contributed by atoms with Gasteiger partial charge in [-0.15, -0.1) is 0 Å². The van der Waals surface area contributed by atoms with Crippen LogP contribution in [0.15, 0.2) is 41.3 Å². The first-order valence-corrected chi connectivity index (χ1v) is 7.27. The maximum absolute atomic E-state index is 12.2. The van der Waals surface area contributed by atoms with Crippen LogP contribution in [0.4, 0.5) is 0 Å². The van der Waals surface area contributed by atoms with Gasteiger partial charge in [-0.2, -0.15) is 0 Å². The lowest BCUT2D eigenvalue weighted by molar-refractivity contribution is 0.109. The zero-order valence-corrected chi connectivity index (χ0v) is 12.0. The van der Waals surface area contributed by atoms with E-state index in [2.05, 4.69) is 31.2 Å². The Kier molecular flexibility index (Phi) is 2.36. The van der Waals surface area contributed by atoms with Crippen molar-refractivity contribution >= 4 is 38.4 Å². The Hall–Kier alpha value is -2.00. The summed E-state index contributed by atoms with van der Waals surface area (Å²) in [4.78, 5) is 13.3. The molecule has 0 aliphatic carbocycles. The number of carbonyl (C=O) groups is 1. The van der Waals surface area contributed by atoms with E-state index in [1.165, 1.54) is 17.3 Å². The predicted molar refractivity (Wildman–Crippen MR) is 82.9 cm³/mol. The lowest BCUT2D eigenvalue weighted by Gasteiger charge is -2.10. The molecule has 98 valence electrons. The standard InChI is InChI=1S/C17H12O2S/c1-9-3-4-10-8-13-14(19-2)6-5-11-15(13)16(12(10)7-9)20-17(11)18/h3-8H,1-2H3. The van der Waals surface area contributed by atoms with Gasteiger partial charge in [0.05, 0.1) is 7.11 Å². The minimum absolute atomic E-state index is 0.127. The summed E-state index contributed by atoms with van der Waals surface area (Å²) in [5.41, 5.74) is 2.00. The highest BCUT2D eigenvalue weighted by atomic mass is 32.2. The van der Waals surface area contributed by atoms with E-state index in [1.807, 2.05) is 12.1 Å². The molecular weight excluding hydrogens is 268 g/mol. The zero-order valence-electron chi connectivity index (χ0n) is 11.2. The van der Waals surface area contributed by atoms with Crippen LogP contribution in [0.2, 0.25) is 0 Å². The summed E-state index contributed by atoms with van der Waals surface area (Å²) in [6, 6.07) is 12.2. The van der Waals surface area contributed by atoms with Crippen molar-refractivity contribution in [1.82, 2.24) is 0 Å². The van der Waals surface area contributed by atoms with Crippen molar-refractivity contribution in [3.8, 4) is 5.75 Å². The molecule has 0 saturated carbocycles. The molecule has 0 bridgehead atoms. The average molecular weight is 280 g/mol. The zero-order chi connectivity index (χ0) is 13.9. The number of ether oxygens (including phenoxy) is 1. The maximum atomic E-state index is 12.2. The van der Waals surface area contributed by atoms with E-state index in [0.717, 1.165) is 37.8 Å². The number of aryl methyl sites for hydroxylation is 1. The van der Waals surface area contributed by atoms with Crippen LogP contribution in [0.1, 0.15) is 15.9 Å². The minimum Gasteiger partial charge on any atom is -0.496 e. The Morgan fingerprint density at radius 3 is 2.70 bits per heavy atom. The second-order valence-corrected chi connectivity index (χ2v) is 6.04. The first-order chi connectivity index (χ1) is 9.69. The maximum Gasteiger partial charge on any atom is 0.224 e. The number of fused-ring (bicyclic) bond motifs is 2. The average Bonchev–Trinajstić information content (AvgIpc) is 2.79. The summed E-state index contributed by atoms with van der Waals surface area (Å²) in [7, 11) is 1.67. The second-order valence-electron chi connectivity index (χ2n) is 5.06. The molecule has 3 aromatic rings. The molecule has 0 spiro atoms. The van der Waals surface area contributed by atoms with Gasteiger partial charge < -0.3 is 4.74 Å². The van der Waals surface area contributed by atoms with Gasteiger partial charge >= 0.3 is 0 Å². The van der Waals surface area contributed by atoms with Crippen molar-refractivity contribution in [2.75, 3.05) is 7.11 Å². The number of hydrogen-bond donors (Lipinski definition) is 0. The Labute approximate surface area is 120 Å². The van der Waals surface area contributed by atoms with Crippen molar-refractivity contribution in [2.24, 2.45) is 0 Å². The van der Waals surface area contributed by atoms with E-state index in [-0.39, 0.29) is 5.12 Å². The molecule has 3 aromatic carbocycles. The third kappa shape index (κ3) is 1.44. The molecule has 1 aliphatic rings. The van der Waals surface area contributed by atoms with Crippen molar-refractivity contribution in [1.29, 1.82) is 0 Å². The number of benzene rings is 3. The highest BCUT2D eigenvalue weighted by molar-refractivity contribution is 8.15. The molecular formula is C17H12O2S. The molecule has 2 nitrogen and oxygen atoms in total. The van der Waals surface area contributed by atoms with Crippen LogP contribution >= 0.6 is 11.8 Å². The van der Waals surface area contributed by atoms with E-state index < -0.39 is 0 Å². The molecule has 0 radical (unpaired) electrons. The Bertz CT molecular complexity index is 897. The molecule has 20 heavy (non-hydrogen) atoms. The van der Waals surface area contributed by atoms with Crippen LogP contribution in [0, 0.1) is 6.92 Å². The molecule has 1 aliphatic heterocycles. The SMILES string of the molecule is COc1ccc2c3c(c4cc(C)ccc4cc13)SC2=O. The van der Waals surface area contributed by atoms with Crippen LogP contribution in [-0.4, -0.2) is 12.2 Å². The molecule has 0 N–H and O–H groups in total. The Morgan fingerprint density at radius 2 is 1.90 bits per heavy atom. The summed E-state index contributed by atoms with van der Waals surface area (Å²) < 4.78 is 5.45.